The van der Waals surface area contributed by atoms with E-state index < -0.39 is 0 Å². The first-order chi connectivity index (χ1) is 11.4. The molecule has 0 N–H and O–H groups in total. The maximum Gasteiger partial charge on any atom is 0.155 e. The Hall–Kier alpha value is -1.18. The molecule has 0 aromatic heterocycles. The van der Waals surface area contributed by atoms with Crippen LogP contribution >= 0.6 is 0 Å². The van der Waals surface area contributed by atoms with Crippen molar-refractivity contribution in [3.05, 3.63) is 22.8 Å². The lowest BCUT2D eigenvalue weighted by Crippen LogP contribution is -2.49. The maximum atomic E-state index is 11.9. The summed E-state index contributed by atoms with van der Waals surface area (Å²) in [5, 5.41) is 0. The molecule has 4 aliphatic rings. The fourth-order valence-electron chi connectivity index (χ4n) is 7.09. The van der Waals surface area contributed by atoms with Gasteiger partial charge in [0.05, 0.1) is 0 Å². The Labute approximate surface area is 145 Å². The standard InChI is InChI=1S/C22H30O2/c1-14(13-23)18-6-7-19-17-5-4-15-12-16(24)8-10-21(15,2)20(17)9-11-22(18,19)3/h12-13,17,19-20H,4-11H2,1-3H3/b18-14-/t17-,19-,20-,21-,22+/m1/s1. The maximum absolute atomic E-state index is 11.9. The van der Waals surface area contributed by atoms with E-state index in [-0.39, 0.29) is 10.8 Å². The summed E-state index contributed by atoms with van der Waals surface area (Å²) in [5.41, 5.74) is 4.38. The molecule has 0 aromatic carbocycles. The van der Waals surface area contributed by atoms with Gasteiger partial charge in [-0.1, -0.05) is 25.0 Å². The highest BCUT2D eigenvalue weighted by Gasteiger charge is 2.57. The average Bonchev–Trinajstić information content (AvgIpc) is 2.92. The molecule has 2 heteroatoms. The third-order valence-corrected chi connectivity index (χ3v) is 8.40. The van der Waals surface area contributed by atoms with Crippen molar-refractivity contribution >= 4 is 12.1 Å². The highest BCUT2D eigenvalue weighted by Crippen LogP contribution is 2.66. The monoisotopic (exact) mass is 326 g/mol. The molecular weight excluding hydrogens is 296 g/mol. The zero-order chi connectivity index (χ0) is 17.1. The lowest BCUT2D eigenvalue weighted by molar-refractivity contribution is -0.117. The van der Waals surface area contributed by atoms with Crippen LogP contribution in [0.25, 0.3) is 0 Å². The van der Waals surface area contributed by atoms with E-state index in [0.29, 0.717) is 5.78 Å². The molecule has 0 radical (unpaired) electrons. The van der Waals surface area contributed by atoms with Crippen molar-refractivity contribution in [3.8, 4) is 0 Å². The van der Waals surface area contributed by atoms with Crippen LogP contribution in [-0.2, 0) is 9.59 Å². The number of ketones is 1. The first kappa shape index (κ1) is 16.3. The van der Waals surface area contributed by atoms with Gasteiger partial charge in [-0.25, -0.2) is 0 Å². The van der Waals surface area contributed by atoms with Crippen molar-refractivity contribution in [1.29, 1.82) is 0 Å². The van der Waals surface area contributed by atoms with Crippen LogP contribution in [0.5, 0.6) is 0 Å². The highest BCUT2D eigenvalue weighted by molar-refractivity contribution is 5.91. The lowest BCUT2D eigenvalue weighted by Gasteiger charge is -2.57. The summed E-state index contributed by atoms with van der Waals surface area (Å²) >= 11 is 0. The summed E-state index contributed by atoms with van der Waals surface area (Å²) in [5.74, 6) is 2.59. The van der Waals surface area contributed by atoms with Crippen LogP contribution in [0.4, 0.5) is 0 Å². The number of fused-ring (bicyclic) bond motifs is 5. The first-order valence-electron chi connectivity index (χ1n) is 9.79. The minimum Gasteiger partial charge on any atom is -0.298 e. The van der Waals surface area contributed by atoms with E-state index in [1.165, 1.54) is 36.8 Å². The van der Waals surface area contributed by atoms with Gasteiger partial charge in [0, 0.05) is 6.42 Å². The molecule has 0 saturated heterocycles. The Morgan fingerprint density at radius 1 is 1.04 bits per heavy atom. The number of carbonyl (C=O) groups excluding carboxylic acids is 2. The molecule has 5 atom stereocenters. The summed E-state index contributed by atoms with van der Waals surface area (Å²) in [6, 6.07) is 0. The Balaban J connectivity index is 1.70. The normalized spacial score (nSPS) is 46.5. The predicted octanol–water partition coefficient (Wildman–Crippen LogP) is 5.03. The average molecular weight is 326 g/mol. The molecule has 0 aromatic rings. The van der Waals surface area contributed by atoms with Gasteiger partial charge in [-0.2, -0.15) is 0 Å². The quantitative estimate of drug-likeness (QED) is 0.500. The van der Waals surface area contributed by atoms with E-state index in [2.05, 4.69) is 13.8 Å². The molecule has 4 rings (SSSR count). The van der Waals surface area contributed by atoms with E-state index in [1.54, 1.807) is 0 Å². The topological polar surface area (TPSA) is 34.1 Å². The molecule has 0 amide bonds. The number of hydrogen-bond donors (Lipinski definition) is 0. The van der Waals surface area contributed by atoms with Crippen molar-refractivity contribution in [2.45, 2.75) is 72.1 Å². The van der Waals surface area contributed by atoms with Gasteiger partial charge in [0.2, 0.25) is 0 Å². The van der Waals surface area contributed by atoms with Gasteiger partial charge in [-0.05, 0) is 92.1 Å². The summed E-state index contributed by atoms with van der Waals surface area (Å²) in [6.07, 6.45) is 12.1. The molecule has 130 valence electrons. The van der Waals surface area contributed by atoms with Crippen LogP contribution in [0.3, 0.4) is 0 Å². The second kappa shape index (κ2) is 5.41. The largest absolute Gasteiger partial charge is 0.298 e. The molecular formula is C22H30O2. The van der Waals surface area contributed by atoms with E-state index in [4.69, 9.17) is 0 Å². The lowest BCUT2D eigenvalue weighted by atomic mass is 9.47. The number of aldehydes is 1. The van der Waals surface area contributed by atoms with Crippen LogP contribution < -0.4 is 0 Å². The second-order valence-corrected chi connectivity index (χ2v) is 9.24. The van der Waals surface area contributed by atoms with Gasteiger partial charge in [-0.15, -0.1) is 0 Å². The zero-order valence-electron chi connectivity index (χ0n) is 15.4. The van der Waals surface area contributed by atoms with Crippen molar-refractivity contribution < 1.29 is 9.59 Å². The van der Waals surface area contributed by atoms with E-state index in [9.17, 15) is 9.59 Å². The fraction of sp³-hybridized carbons (Fsp3) is 0.727. The van der Waals surface area contributed by atoms with Gasteiger partial charge >= 0.3 is 0 Å². The SMILES string of the molecule is C/C(C=O)=C1\CC[C@@H]2[C@H]3CCC4=CC(=O)CC[C@@]4(C)[C@@H]3CC[C@@]12C. The van der Waals surface area contributed by atoms with Crippen molar-refractivity contribution in [2.75, 3.05) is 0 Å². The van der Waals surface area contributed by atoms with Gasteiger partial charge in [0.15, 0.2) is 5.78 Å². The summed E-state index contributed by atoms with van der Waals surface area (Å²) in [4.78, 5) is 23.3. The molecule has 0 bridgehead atoms. The highest BCUT2D eigenvalue weighted by atomic mass is 16.1. The zero-order valence-corrected chi connectivity index (χ0v) is 15.4. The summed E-state index contributed by atoms with van der Waals surface area (Å²) in [7, 11) is 0. The molecule has 3 fully saturated rings. The predicted molar refractivity (Wildman–Crippen MR) is 95.5 cm³/mol. The third-order valence-electron chi connectivity index (χ3n) is 8.40. The van der Waals surface area contributed by atoms with Crippen LogP contribution in [-0.4, -0.2) is 12.1 Å². The molecule has 3 saturated carbocycles. The minimum atomic E-state index is 0.244. The number of hydrogen-bond acceptors (Lipinski definition) is 2. The number of allylic oxidation sites excluding steroid dienone is 3. The molecule has 4 aliphatic carbocycles. The van der Waals surface area contributed by atoms with Crippen LogP contribution in [0.1, 0.15) is 72.1 Å². The molecule has 0 heterocycles. The van der Waals surface area contributed by atoms with Crippen LogP contribution in [0.15, 0.2) is 22.8 Å². The first-order valence-corrected chi connectivity index (χ1v) is 9.79. The molecule has 0 aliphatic heterocycles. The molecule has 0 spiro atoms. The second-order valence-electron chi connectivity index (χ2n) is 9.24. The van der Waals surface area contributed by atoms with Crippen LogP contribution in [0, 0.1) is 28.6 Å². The minimum absolute atomic E-state index is 0.244. The van der Waals surface area contributed by atoms with E-state index >= 15 is 0 Å². The molecule has 24 heavy (non-hydrogen) atoms. The molecule has 2 nitrogen and oxygen atoms in total. The van der Waals surface area contributed by atoms with E-state index in [1.807, 2.05) is 13.0 Å². The van der Waals surface area contributed by atoms with Crippen molar-refractivity contribution in [3.63, 3.8) is 0 Å². The Morgan fingerprint density at radius 2 is 1.79 bits per heavy atom. The summed E-state index contributed by atoms with van der Waals surface area (Å²) < 4.78 is 0. The van der Waals surface area contributed by atoms with Crippen molar-refractivity contribution in [2.24, 2.45) is 28.6 Å². The third kappa shape index (κ3) is 2.07. The van der Waals surface area contributed by atoms with Gasteiger partial charge in [0.25, 0.3) is 0 Å². The smallest absolute Gasteiger partial charge is 0.155 e. The van der Waals surface area contributed by atoms with Crippen molar-refractivity contribution in [1.82, 2.24) is 0 Å². The Morgan fingerprint density at radius 3 is 2.54 bits per heavy atom. The number of rotatable bonds is 1. The summed E-state index contributed by atoms with van der Waals surface area (Å²) in [6.45, 7) is 6.88. The van der Waals surface area contributed by atoms with Gasteiger partial charge in [-0.3, -0.25) is 9.59 Å². The molecule has 0 unspecified atom stereocenters. The van der Waals surface area contributed by atoms with E-state index in [0.717, 1.165) is 55.3 Å². The Bertz CT molecular complexity index is 655. The fourth-order valence-corrected chi connectivity index (χ4v) is 7.09. The van der Waals surface area contributed by atoms with Gasteiger partial charge in [0.1, 0.15) is 6.29 Å². The van der Waals surface area contributed by atoms with Crippen LogP contribution in [0.2, 0.25) is 0 Å². The Kier molecular flexibility index (Phi) is 3.67. The van der Waals surface area contributed by atoms with Gasteiger partial charge < -0.3 is 0 Å². The number of carbonyl (C=O) groups is 2.